The smallest absolute Gasteiger partial charge is 0.251 e. The second-order valence-electron chi connectivity index (χ2n) is 5.17. The molecule has 0 spiro atoms. The summed E-state index contributed by atoms with van der Waals surface area (Å²) in [5, 5.41) is 18.0. The molecule has 1 aromatic carbocycles. The van der Waals surface area contributed by atoms with Gasteiger partial charge in [0.2, 0.25) is 5.91 Å². The van der Waals surface area contributed by atoms with Crippen molar-refractivity contribution in [1.82, 2.24) is 16.0 Å². The van der Waals surface area contributed by atoms with Crippen molar-refractivity contribution in [3.8, 4) is 5.75 Å². The second kappa shape index (κ2) is 9.78. The number of carbonyl (C=O) groups excluding carboxylic acids is 2. The molecule has 0 atom stereocenters. The van der Waals surface area contributed by atoms with Crippen LogP contribution in [-0.4, -0.2) is 43.6 Å². The number of nitrogens with one attached hydrogen (secondary N) is 3. The summed E-state index contributed by atoms with van der Waals surface area (Å²) < 4.78 is 0. The summed E-state index contributed by atoms with van der Waals surface area (Å²) in [6.45, 7) is 3.72. The van der Waals surface area contributed by atoms with E-state index in [2.05, 4.69) is 16.0 Å². The fraction of sp³-hybridized carbons (Fsp3) is 0.500. The molecule has 0 saturated carbocycles. The second-order valence-corrected chi connectivity index (χ2v) is 5.17. The molecule has 0 bridgehead atoms. The van der Waals surface area contributed by atoms with Crippen LogP contribution in [0.5, 0.6) is 5.75 Å². The molecule has 0 heterocycles. The molecule has 0 aliphatic heterocycles. The Bertz CT molecular complexity index is 503. The molecule has 0 fully saturated rings. The van der Waals surface area contributed by atoms with Gasteiger partial charge in [0, 0.05) is 31.6 Å². The number of hydrogen-bond acceptors (Lipinski definition) is 4. The average Bonchev–Trinajstić information content (AvgIpc) is 2.49. The number of aromatic hydroxyl groups is 1. The van der Waals surface area contributed by atoms with Crippen molar-refractivity contribution in [3.63, 3.8) is 0 Å². The number of hydrogen-bond donors (Lipinski definition) is 4. The first kappa shape index (κ1) is 18.0. The molecule has 22 heavy (non-hydrogen) atoms. The van der Waals surface area contributed by atoms with Crippen molar-refractivity contribution >= 4 is 11.8 Å². The molecule has 0 radical (unpaired) electrons. The molecule has 0 unspecified atom stereocenters. The van der Waals surface area contributed by atoms with Crippen LogP contribution in [0.2, 0.25) is 0 Å². The van der Waals surface area contributed by atoms with Gasteiger partial charge >= 0.3 is 0 Å². The minimum atomic E-state index is -0.202. The van der Waals surface area contributed by atoms with Gasteiger partial charge in [-0.15, -0.1) is 0 Å². The average molecular weight is 307 g/mol. The zero-order chi connectivity index (χ0) is 16.4. The van der Waals surface area contributed by atoms with Crippen molar-refractivity contribution in [2.75, 3.05) is 26.7 Å². The van der Waals surface area contributed by atoms with Gasteiger partial charge in [0.05, 0.1) is 0 Å². The number of phenols is 1. The van der Waals surface area contributed by atoms with Crippen molar-refractivity contribution in [2.24, 2.45) is 0 Å². The fourth-order valence-corrected chi connectivity index (χ4v) is 1.98. The van der Waals surface area contributed by atoms with Crippen LogP contribution in [0.1, 0.15) is 35.2 Å². The highest BCUT2D eigenvalue weighted by Crippen LogP contribution is 2.15. The van der Waals surface area contributed by atoms with E-state index in [0.29, 0.717) is 25.1 Å². The van der Waals surface area contributed by atoms with Crippen LogP contribution in [0.3, 0.4) is 0 Å². The fourth-order valence-electron chi connectivity index (χ4n) is 1.98. The first-order valence-corrected chi connectivity index (χ1v) is 7.53. The molecule has 122 valence electrons. The molecule has 2 amide bonds. The highest BCUT2D eigenvalue weighted by atomic mass is 16.3. The Kier molecular flexibility index (Phi) is 7.99. The van der Waals surface area contributed by atoms with Gasteiger partial charge in [-0.25, -0.2) is 0 Å². The summed E-state index contributed by atoms with van der Waals surface area (Å²) in [6, 6.07) is 4.72. The normalized spacial score (nSPS) is 10.3. The molecule has 0 aliphatic rings. The number of benzene rings is 1. The Morgan fingerprint density at radius 3 is 2.59 bits per heavy atom. The molecule has 0 aromatic heterocycles. The van der Waals surface area contributed by atoms with E-state index in [1.807, 2.05) is 14.0 Å². The predicted octanol–water partition coefficient (Wildman–Crippen LogP) is 0.936. The lowest BCUT2D eigenvalue weighted by Gasteiger charge is -2.08. The van der Waals surface area contributed by atoms with Crippen LogP contribution in [-0.2, 0) is 4.79 Å². The van der Waals surface area contributed by atoms with E-state index >= 15 is 0 Å². The molecular weight excluding hydrogens is 282 g/mol. The van der Waals surface area contributed by atoms with Gasteiger partial charge in [0.15, 0.2) is 0 Å². The van der Waals surface area contributed by atoms with E-state index in [9.17, 15) is 14.7 Å². The summed E-state index contributed by atoms with van der Waals surface area (Å²) in [6.07, 6.45) is 1.93. The van der Waals surface area contributed by atoms with Crippen LogP contribution >= 0.6 is 0 Å². The maximum atomic E-state index is 12.0. The number of phenolic OH excluding ortho intramolecular Hbond substituents is 1. The number of likely N-dealkylation sites (N-methyl/N-ethyl adjacent to an activating group) is 1. The molecule has 1 aromatic rings. The summed E-state index contributed by atoms with van der Waals surface area (Å²) >= 11 is 0. The first-order valence-electron chi connectivity index (χ1n) is 7.53. The van der Waals surface area contributed by atoms with Crippen LogP contribution in [0.15, 0.2) is 18.2 Å². The van der Waals surface area contributed by atoms with Crippen molar-refractivity contribution < 1.29 is 14.7 Å². The van der Waals surface area contributed by atoms with Crippen molar-refractivity contribution in [1.29, 1.82) is 0 Å². The van der Waals surface area contributed by atoms with Crippen LogP contribution in [0.4, 0.5) is 0 Å². The third-order valence-electron chi connectivity index (χ3n) is 3.28. The Labute approximate surface area is 131 Å². The molecular formula is C16H25N3O3. The summed E-state index contributed by atoms with van der Waals surface area (Å²) in [7, 11) is 1.84. The van der Waals surface area contributed by atoms with E-state index in [1.165, 1.54) is 6.07 Å². The van der Waals surface area contributed by atoms with Crippen LogP contribution < -0.4 is 16.0 Å². The minimum absolute atomic E-state index is 0.0328. The highest BCUT2D eigenvalue weighted by molar-refractivity contribution is 5.95. The van der Waals surface area contributed by atoms with Gasteiger partial charge in [0.1, 0.15) is 5.75 Å². The minimum Gasteiger partial charge on any atom is -0.508 e. The summed E-state index contributed by atoms with van der Waals surface area (Å²) in [5.41, 5.74) is 1.30. The van der Waals surface area contributed by atoms with E-state index in [1.54, 1.807) is 12.1 Å². The topological polar surface area (TPSA) is 90.5 Å². The monoisotopic (exact) mass is 307 g/mol. The zero-order valence-corrected chi connectivity index (χ0v) is 13.2. The maximum absolute atomic E-state index is 12.0. The maximum Gasteiger partial charge on any atom is 0.251 e. The summed E-state index contributed by atoms with van der Waals surface area (Å²) in [4.78, 5) is 23.4. The number of rotatable bonds is 9. The highest BCUT2D eigenvalue weighted by Gasteiger charge is 2.09. The Balaban J connectivity index is 2.20. The lowest BCUT2D eigenvalue weighted by molar-refractivity contribution is -0.121. The number of unbranched alkanes of at least 4 members (excludes halogenated alkanes) is 1. The SMILES string of the molecule is CNCCNC(=O)CCCCNC(=O)c1cc(O)ccc1C. The summed E-state index contributed by atoms with van der Waals surface area (Å²) in [5.74, 6) is -0.0914. The Morgan fingerprint density at radius 2 is 1.86 bits per heavy atom. The largest absolute Gasteiger partial charge is 0.508 e. The van der Waals surface area contributed by atoms with E-state index < -0.39 is 0 Å². The van der Waals surface area contributed by atoms with Gasteiger partial charge in [0.25, 0.3) is 5.91 Å². The number of amides is 2. The molecule has 6 nitrogen and oxygen atoms in total. The number of aryl methyl sites for hydroxylation is 1. The Hall–Kier alpha value is -2.08. The van der Waals surface area contributed by atoms with Crippen molar-refractivity contribution in [3.05, 3.63) is 29.3 Å². The molecule has 0 aliphatic carbocycles. The molecule has 6 heteroatoms. The van der Waals surface area contributed by atoms with Gasteiger partial charge < -0.3 is 21.1 Å². The van der Waals surface area contributed by atoms with Crippen LogP contribution in [0, 0.1) is 6.92 Å². The third kappa shape index (κ3) is 6.58. The lowest BCUT2D eigenvalue weighted by atomic mass is 10.1. The molecule has 0 saturated heterocycles. The van der Waals surface area contributed by atoms with Gasteiger partial charge in [-0.3, -0.25) is 9.59 Å². The van der Waals surface area contributed by atoms with Gasteiger partial charge in [-0.1, -0.05) is 6.07 Å². The molecule has 4 N–H and O–H groups in total. The number of carbonyl (C=O) groups is 2. The third-order valence-corrected chi connectivity index (χ3v) is 3.28. The first-order chi connectivity index (χ1) is 10.5. The predicted molar refractivity (Wildman–Crippen MR) is 86.0 cm³/mol. The zero-order valence-electron chi connectivity index (χ0n) is 13.2. The quantitative estimate of drug-likeness (QED) is 0.511. The van der Waals surface area contributed by atoms with Gasteiger partial charge in [-0.05, 0) is 44.5 Å². The van der Waals surface area contributed by atoms with Gasteiger partial charge in [-0.2, -0.15) is 0 Å². The standard InChI is InChI=1S/C16H25N3O3/c1-12-6-7-13(20)11-14(12)16(22)19-8-4-3-5-15(21)18-10-9-17-2/h6-7,11,17,20H,3-5,8-10H2,1-2H3,(H,18,21)(H,19,22). The van der Waals surface area contributed by atoms with E-state index in [4.69, 9.17) is 0 Å². The molecule has 1 rings (SSSR count). The Morgan fingerprint density at radius 1 is 1.09 bits per heavy atom. The van der Waals surface area contributed by atoms with Crippen molar-refractivity contribution in [2.45, 2.75) is 26.2 Å². The lowest BCUT2D eigenvalue weighted by Crippen LogP contribution is -2.30. The van der Waals surface area contributed by atoms with Crippen LogP contribution in [0.25, 0.3) is 0 Å². The van der Waals surface area contributed by atoms with E-state index in [0.717, 1.165) is 24.9 Å². The van der Waals surface area contributed by atoms with E-state index in [-0.39, 0.29) is 17.6 Å².